The van der Waals surface area contributed by atoms with Gasteiger partial charge in [-0.05, 0) is 30.7 Å². The number of pyridine rings is 1. The van der Waals surface area contributed by atoms with Crippen LogP contribution in [0, 0.1) is 6.92 Å². The molecule has 140 valence electrons. The molecule has 0 aliphatic heterocycles. The SMILES string of the molecule is COCCc1noc(-c2ccc(=O)n(CC(=O)Nc3cccc(C)c3)c2)n1. The van der Waals surface area contributed by atoms with E-state index in [1.807, 2.05) is 25.1 Å². The molecular formula is C19H20N4O4. The molecule has 27 heavy (non-hydrogen) atoms. The lowest BCUT2D eigenvalue weighted by molar-refractivity contribution is -0.116. The van der Waals surface area contributed by atoms with Crippen molar-refractivity contribution in [2.75, 3.05) is 19.0 Å². The van der Waals surface area contributed by atoms with Gasteiger partial charge >= 0.3 is 0 Å². The summed E-state index contributed by atoms with van der Waals surface area (Å²) in [6, 6.07) is 10.4. The Morgan fingerprint density at radius 3 is 2.93 bits per heavy atom. The van der Waals surface area contributed by atoms with Gasteiger partial charge in [0.05, 0.1) is 12.2 Å². The molecule has 0 unspecified atom stereocenters. The second kappa shape index (κ2) is 8.41. The van der Waals surface area contributed by atoms with Gasteiger partial charge in [-0.3, -0.25) is 9.59 Å². The standard InChI is InChI=1S/C19H20N4O4/c1-13-4-3-5-15(10-13)20-17(24)12-23-11-14(6-7-18(23)25)19-21-16(22-27-19)8-9-26-2/h3-7,10-11H,8-9,12H2,1-2H3,(H,20,24). The molecule has 3 rings (SSSR count). The van der Waals surface area contributed by atoms with Crippen molar-refractivity contribution in [1.82, 2.24) is 14.7 Å². The summed E-state index contributed by atoms with van der Waals surface area (Å²) in [5.41, 5.74) is 1.99. The fraction of sp³-hybridized carbons (Fsp3) is 0.263. The molecule has 1 aromatic carbocycles. The van der Waals surface area contributed by atoms with Crippen molar-refractivity contribution in [3.8, 4) is 11.5 Å². The maximum atomic E-state index is 12.3. The Morgan fingerprint density at radius 1 is 1.30 bits per heavy atom. The van der Waals surface area contributed by atoms with E-state index in [1.165, 1.54) is 16.8 Å². The summed E-state index contributed by atoms with van der Waals surface area (Å²) in [7, 11) is 1.60. The van der Waals surface area contributed by atoms with Crippen molar-refractivity contribution >= 4 is 11.6 Å². The van der Waals surface area contributed by atoms with Gasteiger partial charge in [0.15, 0.2) is 5.82 Å². The molecule has 0 saturated heterocycles. The highest BCUT2D eigenvalue weighted by molar-refractivity contribution is 5.90. The molecule has 0 aliphatic carbocycles. The number of hydrogen-bond acceptors (Lipinski definition) is 6. The second-order valence-electron chi connectivity index (χ2n) is 6.06. The fourth-order valence-electron chi connectivity index (χ4n) is 2.53. The summed E-state index contributed by atoms with van der Waals surface area (Å²) in [5.74, 6) is 0.502. The summed E-state index contributed by atoms with van der Waals surface area (Å²) in [4.78, 5) is 28.6. The highest BCUT2D eigenvalue weighted by Crippen LogP contribution is 2.16. The summed E-state index contributed by atoms with van der Waals surface area (Å²) in [5, 5.41) is 6.66. The second-order valence-corrected chi connectivity index (χ2v) is 6.06. The molecule has 8 heteroatoms. The first-order valence-corrected chi connectivity index (χ1v) is 8.44. The van der Waals surface area contributed by atoms with Crippen LogP contribution in [-0.4, -0.2) is 34.3 Å². The number of ether oxygens (including phenoxy) is 1. The van der Waals surface area contributed by atoms with Crippen molar-refractivity contribution in [1.29, 1.82) is 0 Å². The first-order valence-electron chi connectivity index (χ1n) is 8.44. The molecule has 0 bridgehead atoms. The summed E-state index contributed by atoms with van der Waals surface area (Å²) in [6.45, 7) is 2.30. The number of amides is 1. The van der Waals surface area contributed by atoms with E-state index in [0.29, 0.717) is 30.1 Å². The largest absolute Gasteiger partial charge is 0.384 e. The Labute approximate surface area is 155 Å². The summed E-state index contributed by atoms with van der Waals surface area (Å²) in [6.07, 6.45) is 2.06. The number of methoxy groups -OCH3 is 1. The van der Waals surface area contributed by atoms with Gasteiger partial charge in [0.1, 0.15) is 6.54 Å². The van der Waals surface area contributed by atoms with Gasteiger partial charge in [0.2, 0.25) is 5.91 Å². The van der Waals surface area contributed by atoms with Crippen molar-refractivity contribution in [2.24, 2.45) is 0 Å². The smallest absolute Gasteiger partial charge is 0.259 e. The number of carbonyl (C=O) groups is 1. The zero-order valence-electron chi connectivity index (χ0n) is 15.1. The monoisotopic (exact) mass is 368 g/mol. The molecule has 0 saturated carbocycles. The van der Waals surface area contributed by atoms with Crippen LogP contribution in [0.2, 0.25) is 0 Å². The zero-order valence-corrected chi connectivity index (χ0v) is 15.1. The van der Waals surface area contributed by atoms with Crippen LogP contribution in [-0.2, 0) is 22.5 Å². The quantitative estimate of drug-likeness (QED) is 0.685. The van der Waals surface area contributed by atoms with Crippen LogP contribution in [0.5, 0.6) is 0 Å². The van der Waals surface area contributed by atoms with Crippen molar-refractivity contribution in [2.45, 2.75) is 19.9 Å². The number of nitrogens with zero attached hydrogens (tertiary/aromatic N) is 3. The van der Waals surface area contributed by atoms with Gasteiger partial charge in [0.25, 0.3) is 11.4 Å². The lowest BCUT2D eigenvalue weighted by Gasteiger charge is -2.08. The number of aromatic nitrogens is 3. The minimum Gasteiger partial charge on any atom is -0.384 e. The van der Waals surface area contributed by atoms with E-state index in [9.17, 15) is 9.59 Å². The normalized spacial score (nSPS) is 10.7. The van der Waals surface area contributed by atoms with Gasteiger partial charge in [-0.15, -0.1) is 0 Å². The Bertz CT molecular complexity index is 993. The molecule has 2 heterocycles. The minimum absolute atomic E-state index is 0.120. The lowest BCUT2D eigenvalue weighted by Crippen LogP contribution is -2.26. The molecule has 8 nitrogen and oxygen atoms in total. The molecule has 2 aromatic heterocycles. The Kier molecular flexibility index (Phi) is 5.77. The third-order valence-corrected chi connectivity index (χ3v) is 3.84. The molecular weight excluding hydrogens is 348 g/mol. The molecule has 3 aromatic rings. The average molecular weight is 368 g/mol. The number of carbonyl (C=O) groups excluding carboxylic acids is 1. The van der Waals surface area contributed by atoms with Crippen LogP contribution in [0.15, 0.2) is 51.9 Å². The Hall–Kier alpha value is -3.26. The van der Waals surface area contributed by atoms with E-state index in [4.69, 9.17) is 9.26 Å². The van der Waals surface area contributed by atoms with E-state index in [0.717, 1.165) is 5.56 Å². The van der Waals surface area contributed by atoms with E-state index in [2.05, 4.69) is 15.5 Å². The lowest BCUT2D eigenvalue weighted by atomic mass is 10.2. The minimum atomic E-state index is -0.300. The third-order valence-electron chi connectivity index (χ3n) is 3.84. The van der Waals surface area contributed by atoms with Gasteiger partial charge < -0.3 is 19.1 Å². The summed E-state index contributed by atoms with van der Waals surface area (Å²) < 4.78 is 11.5. The molecule has 0 radical (unpaired) electrons. The van der Waals surface area contributed by atoms with Crippen LogP contribution >= 0.6 is 0 Å². The summed E-state index contributed by atoms with van der Waals surface area (Å²) >= 11 is 0. The van der Waals surface area contributed by atoms with E-state index in [1.54, 1.807) is 19.2 Å². The van der Waals surface area contributed by atoms with Gasteiger partial charge in [-0.2, -0.15) is 4.98 Å². The first kappa shape index (κ1) is 18.5. The number of rotatable bonds is 7. The third kappa shape index (κ3) is 4.89. The highest BCUT2D eigenvalue weighted by atomic mass is 16.5. The zero-order chi connectivity index (χ0) is 19.2. The van der Waals surface area contributed by atoms with Crippen LogP contribution < -0.4 is 10.9 Å². The van der Waals surface area contributed by atoms with Crippen molar-refractivity contribution in [3.05, 3.63) is 64.3 Å². The molecule has 1 amide bonds. The predicted octanol–water partition coefficient (Wildman–Crippen LogP) is 2.03. The van der Waals surface area contributed by atoms with Crippen LogP contribution in [0.3, 0.4) is 0 Å². The number of benzene rings is 1. The molecule has 1 N–H and O–H groups in total. The van der Waals surface area contributed by atoms with Gasteiger partial charge in [0, 0.05) is 31.5 Å². The van der Waals surface area contributed by atoms with Gasteiger partial charge in [-0.1, -0.05) is 17.3 Å². The average Bonchev–Trinajstić information content (AvgIpc) is 3.10. The maximum absolute atomic E-state index is 12.3. The number of aryl methyl sites for hydroxylation is 1. The topological polar surface area (TPSA) is 99.3 Å². The molecule has 0 fully saturated rings. The van der Waals surface area contributed by atoms with Crippen molar-refractivity contribution in [3.63, 3.8) is 0 Å². The highest BCUT2D eigenvalue weighted by Gasteiger charge is 2.12. The Morgan fingerprint density at radius 2 is 2.15 bits per heavy atom. The van der Waals surface area contributed by atoms with Crippen molar-refractivity contribution < 1.29 is 14.1 Å². The molecule has 0 spiro atoms. The van der Waals surface area contributed by atoms with Crippen LogP contribution in [0.1, 0.15) is 11.4 Å². The maximum Gasteiger partial charge on any atom is 0.259 e. The number of anilines is 1. The first-order chi connectivity index (χ1) is 13.0. The van der Waals surface area contributed by atoms with E-state index in [-0.39, 0.29) is 23.9 Å². The van der Waals surface area contributed by atoms with Gasteiger partial charge in [-0.25, -0.2) is 0 Å². The van der Waals surface area contributed by atoms with Crippen LogP contribution in [0.4, 0.5) is 5.69 Å². The molecule has 0 aliphatic rings. The predicted molar refractivity (Wildman–Crippen MR) is 99.4 cm³/mol. The fourth-order valence-corrected chi connectivity index (χ4v) is 2.53. The Balaban J connectivity index is 1.74. The number of hydrogen-bond donors (Lipinski definition) is 1. The molecule has 0 atom stereocenters. The van der Waals surface area contributed by atoms with E-state index < -0.39 is 0 Å². The number of nitrogens with one attached hydrogen (secondary N) is 1. The van der Waals surface area contributed by atoms with Crippen LogP contribution in [0.25, 0.3) is 11.5 Å². The van der Waals surface area contributed by atoms with E-state index >= 15 is 0 Å².